The Labute approximate surface area is 142 Å². The molecule has 0 aromatic heterocycles. The summed E-state index contributed by atoms with van der Waals surface area (Å²) in [5.74, 6) is -0.435. The van der Waals surface area contributed by atoms with Crippen LogP contribution >= 0.6 is 0 Å². The summed E-state index contributed by atoms with van der Waals surface area (Å²) in [6, 6.07) is 5.37. The molecule has 0 heterocycles. The SMILES string of the molecule is CNC(=O)c1ccc(NC(=O)CCC(=O)NC2CCCC2)c(C)c1. The van der Waals surface area contributed by atoms with Crippen LogP contribution in [0.25, 0.3) is 0 Å². The Morgan fingerprint density at radius 3 is 2.38 bits per heavy atom. The fourth-order valence-electron chi connectivity index (χ4n) is 2.90. The number of nitrogens with one attached hydrogen (secondary N) is 3. The Morgan fingerprint density at radius 1 is 1.08 bits per heavy atom. The van der Waals surface area contributed by atoms with Crippen molar-refractivity contribution in [3.8, 4) is 0 Å². The van der Waals surface area contributed by atoms with Crippen LogP contribution < -0.4 is 16.0 Å². The van der Waals surface area contributed by atoms with E-state index in [9.17, 15) is 14.4 Å². The zero-order valence-electron chi connectivity index (χ0n) is 14.3. The molecular weight excluding hydrogens is 306 g/mol. The highest BCUT2D eigenvalue weighted by Crippen LogP contribution is 2.18. The summed E-state index contributed by atoms with van der Waals surface area (Å²) in [5.41, 5.74) is 2.01. The number of amides is 3. The summed E-state index contributed by atoms with van der Waals surface area (Å²) >= 11 is 0. The predicted octanol–water partition coefficient (Wildman–Crippen LogP) is 2.13. The summed E-state index contributed by atoms with van der Waals surface area (Å²) in [7, 11) is 1.57. The number of hydrogen-bond acceptors (Lipinski definition) is 3. The molecule has 0 aliphatic heterocycles. The summed E-state index contributed by atoms with van der Waals surface area (Å²) in [5, 5.41) is 8.33. The van der Waals surface area contributed by atoms with Gasteiger partial charge < -0.3 is 16.0 Å². The Kier molecular flexibility index (Phi) is 6.35. The topological polar surface area (TPSA) is 87.3 Å². The van der Waals surface area contributed by atoms with Gasteiger partial charge in [-0.1, -0.05) is 12.8 Å². The molecule has 6 nitrogen and oxygen atoms in total. The molecule has 1 aromatic rings. The molecule has 24 heavy (non-hydrogen) atoms. The van der Waals surface area contributed by atoms with Crippen molar-refractivity contribution < 1.29 is 14.4 Å². The number of carbonyl (C=O) groups is 3. The van der Waals surface area contributed by atoms with E-state index in [1.807, 2.05) is 6.92 Å². The maximum absolute atomic E-state index is 12.0. The second-order valence-corrected chi connectivity index (χ2v) is 6.21. The lowest BCUT2D eigenvalue weighted by Crippen LogP contribution is -2.33. The number of hydrogen-bond donors (Lipinski definition) is 3. The minimum Gasteiger partial charge on any atom is -0.355 e. The van der Waals surface area contributed by atoms with Crippen molar-refractivity contribution in [2.45, 2.75) is 51.5 Å². The molecular formula is C18H25N3O3. The van der Waals surface area contributed by atoms with E-state index in [0.29, 0.717) is 11.3 Å². The van der Waals surface area contributed by atoms with Crippen LogP contribution in [0.1, 0.15) is 54.4 Å². The van der Waals surface area contributed by atoms with Crippen molar-refractivity contribution in [1.82, 2.24) is 10.6 Å². The standard InChI is InChI=1S/C18H25N3O3/c1-12-11-13(18(24)19-2)7-8-15(12)21-17(23)10-9-16(22)20-14-5-3-4-6-14/h7-8,11,14H,3-6,9-10H2,1-2H3,(H,19,24)(H,20,22)(H,21,23). The maximum Gasteiger partial charge on any atom is 0.251 e. The van der Waals surface area contributed by atoms with Crippen LogP contribution in [0, 0.1) is 6.92 Å². The lowest BCUT2D eigenvalue weighted by Gasteiger charge is -2.12. The molecule has 0 saturated heterocycles. The van der Waals surface area contributed by atoms with Crippen molar-refractivity contribution in [2.75, 3.05) is 12.4 Å². The van der Waals surface area contributed by atoms with Gasteiger partial charge in [-0.25, -0.2) is 0 Å². The van der Waals surface area contributed by atoms with Crippen LogP contribution in [0.15, 0.2) is 18.2 Å². The Bertz CT molecular complexity index is 622. The van der Waals surface area contributed by atoms with E-state index in [2.05, 4.69) is 16.0 Å². The third-order valence-electron chi connectivity index (χ3n) is 4.29. The molecule has 3 N–H and O–H groups in total. The van der Waals surface area contributed by atoms with Crippen molar-refractivity contribution in [1.29, 1.82) is 0 Å². The average Bonchev–Trinajstić information content (AvgIpc) is 3.07. The smallest absolute Gasteiger partial charge is 0.251 e. The van der Waals surface area contributed by atoms with Crippen molar-refractivity contribution in [3.05, 3.63) is 29.3 Å². The second kappa shape index (κ2) is 8.47. The first-order valence-electron chi connectivity index (χ1n) is 8.41. The zero-order valence-corrected chi connectivity index (χ0v) is 14.3. The highest BCUT2D eigenvalue weighted by molar-refractivity contribution is 5.97. The molecule has 0 atom stereocenters. The molecule has 130 valence electrons. The number of rotatable bonds is 6. The summed E-state index contributed by atoms with van der Waals surface area (Å²) < 4.78 is 0. The van der Waals surface area contributed by atoms with Gasteiger partial charge in [-0.2, -0.15) is 0 Å². The molecule has 1 aromatic carbocycles. The molecule has 6 heteroatoms. The minimum atomic E-state index is -0.202. The van der Waals surface area contributed by atoms with Gasteiger partial charge in [-0.05, 0) is 43.5 Å². The molecule has 0 bridgehead atoms. The van der Waals surface area contributed by atoms with Gasteiger partial charge in [0.25, 0.3) is 5.91 Å². The van der Waals surface area contributed by atoms with E-state index in [1.54, 1.807) is 25.2 Å². The lowest BCUT2D eigenvalue weighted by molar-refractivity contribution is -0.124. The van der Waals surface area contributed by atoms with Gasteiger partial charge in [0.15, 0.2) is 0 Å². The molecule has 1 aliphatic rings. The minimum absolute atomic E-state index is 0.0660. The van der Waals surface area contributed by atoms with Gasteiger partial charge in [0.05, 0.1) is 0 Å². The van der Waals surface area contributed by atoms with E-state index in [4.69, 9.17) is 0 Å². The van der Waals surface area contributed by atoms with Crippen molar-refractivity contribution >= 4 is 23.4 Å². The van der Waals surface area contributed by atoms with Crippen molar-refractivity contribution in [3.63, 3.8) is 0 Å². The Balaban J connectivity index is 1.81. The largest absolute Gasteiger partial charge is 0.355 e. The van der Waals surface area contributed by atoms with Crippen LogP contribution in [0.3, 0.4) is 0 Å². The fourth-order valence-corrected chi connectivity index (χ4v) is 2.90. The number of benzene rings is 1. The van der Waals surface area contributed by atoms with Crippen LogP contribution in [0.2, 0.25) is 0 Å². The van der Waals surface area contributed by atoms with Gasteiger partial charge in [0, 0.05) is 37.2 Å². The fraction of sp³-hybridized carbons (Fsp3) is 0.500. The van der Waals surface area contributed by atoms with Gasteiger partial charge >= 0.3 is 0 Å². The lowest BCUT2D eigenvalue weighted by atomic mass is 10.1. The first-order valence-corrected chi connectivity index (χ1v) is 8.41. The number of anilines is 1. The quantitative estimate of drug-likeness (QED) is 0.746. The molecule has 0 unspecified atom stereocenters. The van der Waals surface area contributed by atoms with E-state index in [0.717, 1.165) is 31.2 Å². The number of carbonyl (C=O) groups excluding carboxylic acids is 3. The second-order valence-electron chi connectivity index (χ2n) is 6.21. The molecule has 1 fully saturated rings. The Morgan fingerprint density at radius 2 is 1.75 bits per heavy atom. The normalized spacial score (nSPS) is 14.2. The Hall–Kier alpha value is -2.37. The first-order chi connectivity index (χ1) is 11.5. The third kappa shape index (κ3) is 5.08. The highest BCUT2D eigenvalue weighted by atomic mass is 16.2. The maximum atomic E-state index is 12.0. The third-order valence-corrected chi connectivity index (χ3v) is 4.29. The summed E-state index contributed by atoms with van der Waals surface area (Å²) in [4.78, 5) is 35.4. The first kappa shape index (κ1) is 18.0. The summed E-state index contributed by atoms with van der Waals surface area (Å²) in [6.45, 7) is 1.83. The van der Waals surface area contributed by atoms with E-state index < -0.39 is 0 Å². The monoisotopic (exact) mass is 331 g/mol. The van der Waals surface area contributed by atoms with Gasteiger partial charge in [-0.3, -0.25) is 14.4 Å². The molecule has 0 spiro atoms. The van der Waals surface area contributed by atoms with Crippen LogP contribution in [-0.4, -0.2) is 30.8 Å². The van der Waals surface area contributed by atoms with Gasteiger partial charge in [-0.15, -0.1) is 0 Å². The van der Waals surface area contributed by atoms with Crippen LogP contribution in [0.4, 0.5) is 5.69 Å². The average molecular weight is 331 g/mol. The molecule has 1 aliphatic carbocycles. The van der Waals surface area contributed by atoms with E-state index >= 15 is 0 Å². The number of aryl methyl sites for hydroxylation is 1. The van der Waals surface area contributed by atoms with Crippen molar-refractivity contribution in [2.24, 2.45) is 0 Å². The summed E-state index contributed by atoms with van der Waals surface area (Å²) in [6.07, 6.45) is 4.74. The molecule has 2 rings (SSSR count). The van der Waals surface area contributed by atoms with Gasteiger partial charge in [0.2, 0.25) is 11.8 Å². The highest BCUT2D eigenvalue weighted by Gasteiger charge is 2.17. The van der Waals surface area contributed by atoms with E-state index in [-0.39, 0.29) is 36.6 Å². The van der Waals surface area contributed by atoms with E-state index in [1.165, 1.54) is 0 Å². The van der Waals surface area contributed by atoms with Crippen LogP contribution in [-0.2, 0) is 9.59 Å². The predicted molar refractivity (Wildman–Crippen MR) is 92.8 cm³/mol. The van der Waals surface area contributed by atoms with Gasteiger partial charge in [0.1, 0.15) is 0 Å². The zero-order chi connectivity index (χ0) is 17.5. The van der Waals surface area contributed by atoms with Crippen LogP contribution in [0.5, 0.6) is 0 Å². The molecule has 0 radical (unpaired) electrons. The molecule has 3 amide bonds. The molecule has 1 saturated carbocycles.